The molecule has 2 bridgehead atoms. The van der Waals surface area contributed by atoms with E-state index in [-0.39, 0.29) is 11.3 Å². The number of rotatable bonds is 0. The second-order valence-corrected chi connectivity index (χ2v) is 5.71. The van der Waals surface area contributed by atoms with Crippen molar-refractivity contribution in [2.75, 3.05) is 0 Å². The van der Waals surface area contributed by atoms with Crippen molar-refractivity contribution in [3.63, 3.8) is 0 Å². The van der Waals surface area contributed by atoms with E-state index >= 15 is 0 Å². The summed E-state index contributed by atoms with van der Waals surface area (Å²) in [6, 6.07) is 0. The minimum absolute atomic E-state index is 0.208. The summed E-state index contributed by atoms with van der Waals surface area (Å²) in [5, 5.41) is 0. The zero-order valence-corrected chi connectivity index (χ0v) is 11.0. The minimum Gasteiger partial charge on any atom is -0.318 e. The molecule has 0 heterocycles. The first-order chi connectivity index (χ1) is 8.54. The monoisotopic (exact) mass is 241 g/mol. The van der Waals surface area contributed by atoms with Crippen molar-refractivity contribution in [1.29, 1.82) is 0 Å². The van der Waals surface area contributed by atoms with Crippen LogP contribution in [0.4, 0.5) is 0 Å². The van der Waals surface area contributed by atoms with Gasteiger partial charge < -0.3 is 5.73 Å². The molecule has 0 spiro atoms. The Hall–Kier alpha value is -1.41. The molecule has 2 nitrogen and oxygen atoms in total. The predicted molar refractivity (Wildman–Crippen MR) is 72.9 cm³/mol. The smallest absolute Gasteiger partial charge is 0.159 e. The summed E-state index contributed by atoms with van der Waals surface area (Å²) in [6.45, 7) is 4.23. The summed E-state index contributed by atoms with van der Waals surface area (Å²) in [6.07, 6.45) is 10.5. The van der Waals surface area contributed by atoms with Crippen LogP contribution < -0.4 is 5.73 Å². The van der Waals surface area contributed by atoms with Crippen LogP contribution in [-0.2, 0) is 4.79 Å². The lowest BCUT2D eigenvalue weighted by atomic mass is 9.61. The van der Waals surface area contributed by atoms with Crippen LogP contribution in [0.2, 0.25) is 0 Å². The van der Waals surface area contributed by atoms with Crippen LogP contribution in [0, 0.1) is 5.92 Å². The van der Waals surface area contributed by atoms with Gasteiger partial charge in [0.05, 0.1) is 5.54 Å². The molecule has 0 fully saturated rings. The van der Waals surface area contributed by atoms with Gasteiger partial charge in [0.15, 0.2) is 5.78 Å². The van der Waals surface area contributed by atoms with E-state index in [0.717, 1.165) is 12.8 Å². The number of carbonyl (C=O) groups excluding carboxylic acids is 1. The number of hydrogen-bond donors (Lipinski definition) is 1. The third kappa shape index (κ3) is 1.49. The van der Waals surface area contributed by atoms with E-state index in [1.807, 2.05) is 6.08 Å². The third-order valence-corrected chi connectivity index (χ3v) is 4.42. The SMILES string of the molecule is CC=C1C2C=C(C)C[C@]1(N)C1=C(CC(=O)C=C1)C2. The van der Waals surface area contributed by atoms with E-state index in [0.29, 0.717) is 12.3 Å². The Morgan fingerprint density at radius 1 is 1.44 bits per heavy atom. The van der Waals surface area contributed by atoms with Crippen LogP contribution in [0.25, 0.3) is 0 Å². The fraction of sp³-hybridized carbons (Fsp3) is 0.438. The molecule has 0 aromatic carbocycles. The number of fused-ring (bicyclic) bond motifs is 3. The average Bonchev–Trinajstić information content (AvgIpc) is 2.26. The molecule has 0 aromatic rings. The van der Waals surface area contributed by atoms with Gasteiger partial charge in [-0.2, -0.15) is 0 Å². The first-order valence-corrected chi connectivity index (χ1v) is 6.61. The van der Waals surface area contributed by atoms with Crippen molar-refractivity contribution in [1.82, 2.24) is 0 Å². The molecule has 3 aliphatic rings. The normalized spacial score (nSPS) is 36.8. The fourth-order valence-electron chi connectivity index (χ4n) is 3.83. The molecular weight excluding hydrogens is 222 g/mol. The maximum absolute atomic E-state index is 11.6. The fourth-order valence-corrected chi connectivity index (χ4v) is 3.83. The molecule has 0 saturated carbocycles. The van der Waals surface area contributed by atoms with Gasteiger partial charge in [0.25, 0.3) is 0 Å². The van der Waals surface area contributed by atoms with Crippen molar-refractivity contribution in [3.8, 4) is 0 Å². The van der Waals surface area contributed by atoms with E-state index in [4.69, 9.17) is 5.73 Å². The van der Waals surface area contributed by atoms with E-state index in [1.54, 1.807) is 6.08 Å². The van der Waals surface area contributed by atoms with Gasteiger partial charge in [-0.25, -0.2) is 0 Å². The summed E-state index contributed by atoms with van der Waals surface area (Å²) >= 11 is 0. The highest BCUT2D eigenvalue weighted by atomic mass is 16.1. The largest absolute Gasteiger partial charge is 0.318 e. The van der Waals surface area contributed by atoms with Crippen molar-refractivity contribution in [2.45, 2.75) is 38.6 Å². The molecule has 0 aliphatic heterocycles. The van der Waals surface area contributed by atoms with Crippen LogP contribution in [0.3, 0.4) is 0 Å². The zero-order chi connectivity index (χ0) is 12.9. The Bertz CT molecular complexity index is 547. The molecule has 1 unspecified atom stereocenters. The van der Waals surface area contributed by atoms with Gasteiger partial charge in [-0.3, -0.25) is 4.79 Å². The van der Waals surface area contributed by atoms with Crippen LogP contribution in [-0.4, -0.2) is 11.3 Å². The van der Waals surface area contributed by atoms with Gasteiger partial charge in [-0.15, -0.1) is 0 Å². The van der Waals surface area contributed by atoms with Gasteiger partial charge in [-0.05, 0) is 43.9 Å². The first kappa shape index (κ1) is 11.7. The topological polar surface area (TPSA) is 43.1 Å². The van der Waals surface area contributed by atoms with Gasteiger partial charge >= 0.3 is 0 Å². The summed E-state index contributed by atoms with van der Waals surface area (Å²) in [5.74, 6) is 0.604. The molecule has 2 N–H and O–H groups in total. The van der Waals surface area contributed by atoms with Gasteiger partial charge in [0, 0.05) is 12.3 Å². The maximum Gasteiger partial charge on any atom is 0.159 e. The number of hydrogen-bond acceptors (Lipinski definition) is 2. The summed E-state index contributed by atoms with van der Waals surface area (Å²) < 4.78 is 0. The van der Waals surface area contributed by atoms with Gasteiger partial charge in [-0.1, -0.05) is 29.4 Å². The van der Waals surface area contributed by atoms with Crippen LogP contribution in [0.1, 0.15) is 33.1 Å². The lowest BCUT2D eigenvalue weighted by Crippen LogP contribution is -2.51. The third-order valence-electron chi connectivity index (χ3n) is 4.42. The highest BCUT2D eigenvalue weighted by Gasteiger charge is 2.44. The molecule has 0 radical (unpaired) electrons. The molecule has 3 rings (SSSR count). The number of carbonyl (C=O) groups is 1. The second-order valence-electron chi connectivity index (χ2n) is 5.71. The molecule has 0 saturated heterocycles. The van der Waals surface area contributed by atoms with Gasteiger partial charge in [0.2, 0.25) is 0 Å². The molecule has 94 valence electrons. The molecule has 0 aromatic heterocycles. The van der Waals surface area contributed by atoms with E-state index < -0.39 is 0 Å². The number of ketones is 1. The molecule has 0 amide bonds. The number of allylic oxidation sites excluding steroid dienone is 4. The van der Waals surface area contributed by atoms with Crippen LogP contribution in [0.15, 0.2) is 46.6 Å². The standard InChI is InChI=1S/C16H19NO/c1-3-14-11-6-10(2)9-16(14,17)15-5-4-13(18)8-12(15)7-11/h3-6,11H,7-9,17H2,1-2H3/t11?,16-/m1/s1. The van der Waals surface area contributed by atoms with E-state index in [2.05, 4.69) is 26.0 Å². The molecular formula is C16H19NO. The van der Waals surface area contributed by atoms with Crippen LogP contribution >= 0.6 is 0 Å². The quantitative estimate of drug-likeness (QED) is 0.663. The lowest BCUT2D eigenvalue weighted by molar-refractivity contribution is -0.114. The van der Waals surface area contributed by atoms with Crippen molar-refractivity contribution in [2.24, 2.45) is 11.7 Å². The Kier molecular flexibility index (Phi) is 2.46. The molecule has 3 aliphatic carbocycles. The highest BCUT2D eigenvalue weighted by Crippen LogP contribution is 2.49. The number of nitrogens with two attached hydrogens (primary N) is 1. The summed E-state index contributed by atoms with van der Waals surface area (Å²) in [5.41, 5.74) is 11.5. The first-order valence-electron chi connectivity index (χ1n) is 6.61. The predicted octanol–water partition coefficient (Wildman–Crippen LogP) is 2.83. The van der Waals surface area contributed by atoms with E-state index in [9.17, 15) is 4.79 Å². The average molecular weight is 241 g/mol. The summed E-state index contributed by atoms with van der Waals surface area (Å²) in [7, 11) is 0. The van der Waals surface area contributed by atoms with Crippen molar-refractivity contribution < 1.29 is 4.79 Å². The highest BCUT2D eigenvalue weighted by molar-refractivity contribution is 5.94. The zero-order valence-electron chi connectivity index (χ0n) is 11.0. The molecule has 2 heteroatoms. The lowest BCUT2D eigenvalue weighted by Gasteiger charge is -2.47. The van der Waals surface area contributed by atoms with Crippen molar-refractivity contribution in [3.05, 3.63) is 46.6 Å². The Balaban J connectivity index is 2.17. The maximum atomic E-state index is 11.6. The second kappa shape index (κ2) is 3.79. The van der Waals surface area contributed by atoms with Crippen molar-refractivity contribution >= 4 is 5.78 Å². The Morgan fingerprint density at radius 3 is 2.94 bits per heavy atom. The Morgan fingerprint density at radius 2 is 2.22 bits per heavy atom. The molecule has 2 atom stereocenters. The molecule has 18 heavy (non-hydrogen) atoms. The summed E-state index contributed by atoms with van der Waals surface area (Å²) in [4.78, 5) is 11.6. The Labute approximate surface area is 108 Å². The van der Waals surface area contributed by atoms with Crippen LogP contribution in [0.5, 0.6) is 0 Å². The van der Waals surface area contributed by atoms with Gasteiger partial charge in [0.1, 0.15) is 0 Å². The minimum atomic E-state index is -0.372. The van der Waals surface area contributed by atoms with E-state index in [1.165, 1.54) is 22.3 Å².